The van der Waals surface area contributed by atoms with Crippen LogP contribution in [0, 0.1) is 11.8 Å². The molecule has 2 aliphatic rings. The third-order valence-corrected chi connectivity index (χ3v) is 9.90. The number of aromatic hydroxyl groups is 1. The maximum atomic E-state index is 14.0. The van der Waals surface area contributed by atoms with Gasteiger partial charge in [-0.3, -0.25) is 28.8 Å². The molecule has 2 saturated heterocycles. The van der Waals surface area contributed by atoms with Gasteiger partial charge in [0.2, 0.25) is 35.4 Å². The van der Waals surface area contributed by atoms with Gasteiger partial charge < -0.3 is 42.3 Å². The van der Waals surface area contributed by atoms with Crippen molar-refractivity contribution >= 4 is 35.4 Å². The van der Waals surface area contributed by atoms with Crippen LogP contribution < -0.4 is 27.4 Å². The van der Waals surface area contributed by atoms with Gasteiger partial charge >= 0.3 is 0 Å². The first-order valence-corrected chi connectivity index (χ1v) is 18.5. The van der Waals surface area contributed by atoms with Gasteiger partial charge in [-0.25, -0.2) is 0 Å². The summed E-state index contributed by atoms with van der Waals surface area (Å²) in [6, 6.07) is 9.98. The maximum Gasteiger partial charge on any atom is 0.246 e. The van der Waals surface area contributed by atoms with Crippen LogP contribution in [0.2, 0.25) is 0 Å². The molecular weight excluding hydrogens is 678 g/mol. The molecule has 4 rings (SSSR count). The molecule has 8 N–H and O–H groups in total. The second-order valence-corrected chi connectivity index (χ2v) is 14.9. The second-order valence-electron chi connectivity index (χ2n) is 14.9. The number of primary amides is 1. The van der Waals surface area contributed by atoms with E-state index in [1.54, 1.807) is 26.0 Å². The quantitative estimate of drug-likeness (QED) is 0.147. The van der Waals surface area contributed by atoms with Crippen molar-refractivity contribution in [2.24, 2.45) is 23.3 Å². The number of hydrogen-bond acceptors (Lipinski definition) is 8. The topological polar surface area (TPSA) is 217 Å². The number of hydrogen-bond donors (Lipinski definition) is 6. The van der Waals surface area contributed by atoms with E-state index in [2.05, 4.69) is 16.0 Å². The fraction of sp³-hybridized carbons (Fsp3) is 0.538. The monoisotopic (exact) mass is 733 g/mol. The Morgan fingerprint density at radius 2 is 1.32 bits per heavy atom. The highest BCUT2D eigenvalue weighted by atomic mass is 16.3. The molecule has 0 aromatic heterocycles. The molecule has 0 saturated carbocycles. The van der Waals surface area contributed by atoms with Gasteiger partial charge in [0.25, 0.3) is 0 Å². The lowest BCUT2D eigenvalue weighted by molar-refractivity contribution is -0.143. The van der Waals surface area contributed by atoms with E-state index in [1.807, 2.05) is 44.2 Å². The predicted molar refractivity (Wildman–Crippen MR) is 199 cm³/mol. The van der Waals surface area contributed by atoms with Gasteiger partial charge in [0.05, 0.1) is 6.04 Å². The number of carbonyl (C=O) groups excluding carboxylic acids is 6. The largest absolute Gasteiger partial charge is 0.508 e. The normalized spacial score (nSPS) is 19.4. The molecule has 14 nitrogen and oxygen atoms in total. The fourth-order valence-corrected chi connectivity index (χ4v) is 7.05. The highest BCUT2D eigenvalue weighted by Crippen LogP contribution is 2.23. The zero-order chi connectivity index (χ0) is 38.8. The summed E-state index contributed by atoms with van der Waals surface area (Å²) in [6.07, 6.45) is 2.61. The number of rotatable bonds is 16. The molecule has 6 atom stereocenters. The minimum Gasteiger partial charge on any atom is -0.508 e. The third kappa shape index (κ3) is 11.0. The summed E-state index contributed by atoms with van der Waals surface area (Å²) >= 11 is 0. The van der Waals surface area contributed by atoms with E-state index < -0.39 is 71.7 Å². The molecule has 0 radical (unpaired) electrons. The molecule has 2 aromatic carbocycles. The van der Waals surface area contributed by atoms with E-state index in [-0.39, 0.29) is 36.8 Å². The minimum absolute atomic E-state index is 0.0141. The molecule has 0 spiro atoms. The number of amides is 6. The first kappa shape index (κ1) is 40.8. The molecule has 2 aliphatic heterocycles. The van der Waals surface area contributed by atoms with Gasteiger partial charge in [-0.15, -0.1) is 0 Å². The lowest BCUT2D eigenvalue weighted by atomic mass is 9.99. The van der Waals surface area contributed by atoms with Crippen LogP contribution in [0.4, 0.5) is 0 Å². The van der Waals surface area contributed by atoms with Crippen molar-refractivity contribution in [3.8, 4) is 5.75 Å². The lowest BCUT2D eigenvalue weighted by Gasteiger charge is -2.32. The summed E-state index contributed by atoms with van der Waals surface area (Å²) in [5.41, 5.74) is 13.3. The smallest absolute Gasteiger partial charge is 0.246 e. The Morgan fingerprint density at radius 3 is 1.91 bits per heavy atom. The van der Waals surface area contributed by atoms with E-state index in [0.717, 1.165) is 11.1 Å². The van der Waals surface area contributed by atoms with Crippen molar-refractivity contribution in [2.45, 2.75) is 109 Å². The fourth-order valence-electron chi connectivity index (χ4n) is 7.05. The molecule has 53 heavy (non-hydrogen) atoms. The number of phenols is 1. The molecule has 14 heteroatoms. The van der Waals surface area contributed by atoms with Crippen LogP contribution in [-0.2, 0) is 41.6 Å². The van der Waals surface area contributed by atoms with E-state index in [0.29, 0.717) is 38.8 Å². The Balaban J connectivity index is 1.47. The Kier molecular flexibility index (Phi) is 14.4. The van der Waals surface area contributed by atoms with Crippen molar-refractivity contribution in [3.63, 3.8) is 0 Å². The van der Waals surface area contributed by atoms with Crippen LogP contribution in [0.5, 0.6) is 5.75 Å². The number of likely N-dealkylation sites (tertiary alicyclic amines) is 2. The molecule has 2 heterocycles. The summed E-state index contributed by atoms with van der Waals surface area (Å²) < 4.78 is 0. The summed E-state index contributed by atoms with van der Waals surface area (Å²) in [5.74, 6) is -3.26. The van der Waals surface area contributed by atoms with E-state index in [9.17, 15) is 33.9 Å². The molecule has 2 aromatic rings. The van der Waals surface area contributed by atoms with Crippen molar-refractivity contribution < 1.29 is 33.9 Å². The van der Waals surface area contributed by atoms with Crippen LogP contribution in [0.1, 0.15) is 70.9 Å². The van der Waals surface area contributed by atoms with Crippen LogP contribution in [0.15, 0.2) is 54.6 Å². The number of nitrogens with two attached hydrogens (primary N) is 2. The zero-order valence-corrected chi connectivity index (χ0v) is 31.1. The molecule has 6 amide bonds. The standard InChI is InChI=1S/C39H55N7O7/c1-23(2)20-29(36(50)43-30(22-25-10-6-5-7-11-25)38(52)45-18-8-12-31(45)34(41)48)42-37(51)32-13-9-19-46(32)39(53)33(24(3)4)44-35(49)28(40)21-26-14-16-27(47)17-15-26/h5-7,10-11,14-17,23-24,28-33,47H,8-9,12-13,18-22,40H2,1-4H3,(H2,41,48)(H,42,51)(H,43,50)(H,44,49)/t28-,29-,30-,31-,32-,33-/m0/s1. The van der Waals surface area contributed by atoms with E-state index >= 15 is 0 Å². The van der Waals surface area contributed by atoms with Crippen molar-refractivity contribution in [1.29, 1.82) is 0 Å². The van der Waals surface area contributed by atoms with Gasteiger partial charge in [0.15, 0.2) is 0 Å². The third-order valence-electron chi connectivity index (χ3n) is 9.90. The van der Waals surface area contributed by atoms with Gasteiger partial charge in [0.1, 0.15) is 36.0 Å². The summed E-state index contributed by atoms with van der Waals surface area (Å²) in [4.78, 5) is 83.9. The number of nitrogens with zero attached hydrogens (tertiary/aromatic N) is 2. The second kappa shape index (κ2) is 18.7. The van der Waals surface area contributed by atoms with Crippen molar-refractivity contribution in [1.82, 2.24) is 25.8 Å². The highest BCUT2D eigenvalue weighted by Gasteiger charge is 2.41. The molecular formula is C39H55N7O7. The molecule has 0 unspecified atom stereocenters. The van der Waals surface area contributed by atoms with Gasteiger partial charge in [0, 0.05) is 19.5 Å². The Labute approximate surface area is 311 Å². The van der Waals surface area contributed by atoms with Crippen LogP contribution in [-0.4, -0.2) is 99.7 Å². The van der Waals surface area contributed by atoms with Crippen LogP contribution >= 0.6 is 0 Å². The summed E-state index contributed by atoms with van der Waals surface area (Å²) in [5, 5.41) is 18.1. The van der Waals surface area contributed by atoms with E-state index in [4.69, 9.17) is 11.5 Å². The predicted octanol–water partition coefficient (Wildman–Crippen LogP) is 1.13. The van der Waals surface area contributed by atoms with Crippen molar-refractivity contribution in [2.75, 3.05) is 13.1 Å². The zero-order valence-electron chi connectivity index (χ0n) is 31.1. The average molecular weight is 734 g/mol. The Morgan fingerprint density at radius 1 is 0.736 bits per heavy atom. The highest BCUT2D eigenvalue weighted by molar-refractivity contribution is 5.97. The lowest BCUT2D eigenvalue weighted by Crippen LogP contribution is -2.60. The maximum absolute atomic E-state index is 14.0. The number of carbonyl (C=O) groups is 6. The Bertz CT molecular complexity index is 1600. The molecule has 0 bridgehead atoms. The van der Waals surface area contributed by atoms with Gasteiger partial charge in [-0.05, 0) is 73.6 Å². The number of nitrogens with one attached hydrogen (secondary N) is 3. The van der Waals surface area contributed by atoms with Gasteiger partial charge in [-0.2, -0.15) is 0 Å². The molecule has 2 fully saturated rings. The van der Waals surface area contributed by atoms with E-state index in [1.165, 1.54) is 21.9 Å². The molecule has 0 aliphatic carbocycles. The Hall–Kier alpha value is -4.98. The van der Waals surface area contributed by atoms with Crippen LogP contribution in [0.25, 0.3) is 0 Å². The SMILES string of the molecule is CC(C)C[C@H](NC(=O)[C@@H]1CCCN1C(=O)[C@@H](NC(=O)[C@@H](N)Cc1ccc(O)cc1)C(C)C)C(=O)N[C@@H](Cc1ccccc1)C(=O)N1CCC[C@H]1C(N)=O. The molecule has 288 valence electrons. The average Bonchev–Trinajstić information content (AvgIpc) is 3.82. The summed E-state index contributed by atoms with van der Waals surface area (Å²) in [6.45, 7) is 8.05. The first-order valence-electron chi connectivity index (χ1n) is 18.5. The first-order chi connectivity index (χ1) is 25.2. The van der Waals surface area contributed by atoms with Crippen molar-refractivity contribution in [3.05, 3.63) is 65.7 Å². The summed E-state index contributed by atoms with van der Waals surface area (Å²) in [7, 11) is 0. The number of phenolic OH excluding ortho intramolecular Hbond substituents is 1. The van der Waals surface area contributed by atoms with Gasteiger partial charge in [-0.1, -0.05) is 70.2 Å². The minimum atomic E-state index is -1.02. The number of benzene rings is 2. The van der Waals surface area contributed by atoms with Crippen LogP contribution in [0.3, 0.4) is 0 Å².